The minimum atomic E-state index is -4.87. The molecular weight excluding hydrogens is 418 g/mol. The highest BCUT2D eigenvalue weighted by Gasteiger charge is 2.33. The second-order valence-electron chi connectivity index (χ2n) is 5.72. The highest BCUT2D eigenvalue weighted by atomic mass is 79.9. The van der Waals surface area contributed by atoms with Crippen molar-refractivity contribution in [3.05, 3.63) is 28.2 Å². The lowest BCUT2D eigenvalue weighted by Crippen LogP contribution is -2.45. The average Bonchev–Trinajstić information content (AvgIpc) is 2.45. The Labute approximate surface area is 149 Å². The van der Waals surface area contributed by atoms with Crippen LogP contribution in [-0.2, 0) is 0 Å². The van der Waals surface area contributed by atoms with Crippen molar-refractivity contribution in [2.24, 2.45) is 0 Å². The Kier molecular flexibility index (Phi) is 6.61. The number of alkyl halides is 6. The Morgan fingerprint density at radius 3 is 2.28 bits per heavy atom. The molecule has 1 saturated heterocycles. The molecule has 1 aliphatic heterocycles. The summed E-state index contributed by atoms with van der Waals surface area (Å²) in [5.41, 5.74) is 0.361. The second kappa shape index (κ2) is 8.13. The van der Waals surface area contributed by atoms with Crippen molar-refractivity contribution >= 4 is 15.9 Å². The zero-order chi connectivity index (χ0) is 18.7. The van der Waals surface area contributed by atoms with Gasteiger partial charge < -0.3 is 10.1 Å². The first-order chi connectivity index (χ1) is 11.5. The molecule has 1 heterocycles. The van der Waals surface area contributed by atoms with Crippen LogP contribution in [0.2, 0.25) is 0 Å². The van der Waals surface area contributed by atoms with Crippen LogP contribution in [0.1, 0.15) is 24.4 Å². The molecular formula is C15H17BrF6N2O. The zero-order valence-electron chi connectivity index (χ0n) is 13.1. The molecule has 2 rings (SSSR count). The summed E-state index contributed by atoms with van der Waals surface area (Å²) in [6.45, 7) is 2.26. The summed E-state index contributed by atoms with van der Waals surface area (Å²) in [5, 5.41) is 3.10. The second-order valence-corrected chi connectivity index (χ2v) is 6.64. The van der Waals surface area contributed by atoms with Crippen LogP contribution in [0.25, 0.3) is 0 Å². The van der Waals surface area contributed by atoms with Gasteiger partial charge in [-0.1, -0.05) is 15.9 Å². The van der Waals surface area contributed by atoms with Crippen molar-refractivity contribution < 1.29 is 31.1 Å². The third-order valence-corrected chi connectivity index (χ3v) is 4.26. The molecule has 1 aromatic carbocycles. The number of halogens is 7. The van der Waals surface area contributed by atoms with Gasteiger partial charge in [0.15, 0.2) is 0 Å². The van der Waals surface area contributed by atoms with Crippen LogP contribution >= 0.6 is 15.9 Å². The van der Waals surface area contributed by atoms with E-state index in [0.29, 0.717) is 36.2 Å². The summed E-state index contributed by atoms with van der Waals surface area (Å²) in [6, 6.07) is 3.18. The van der Waals surface area contributed by atoms with Gasteiger partial charge >= 0.3 is 12.5 Å². The van der Waals surface area contributed by atoms with Crippen LogP contribution in [0.15, 0.2) is 22.7 Å². The molecule has 1 aromatic rings. The largest absolute Gasteiger partial charge is 0.573 e. The van der Waals surface area contributed by atoms with E-state index in [4.69, 9.17) is 0 Å². The van der Waals surface area contributed by atoms with Gasteiger partial charge in [-0.25, -0.2) is 0 Å². The molecule has 1 fully saturated rings. The van der Waals surface area contributed by atoms with Gasteiger partial charge in [-0.05, 0) is 30.2 Å². The standard InChI is InChI=1S/C15H17BrF6N2O/c16-11-7-10(8-12(9-11)25-15(20,21)22)13(1-2-14(17,18)19)24-5-3-23-4-6-24/h7-9,13,23H,1-6H2/t13-/m0/s1. The van der Waals surface area contributed by atoms with E-state index in [1.807, 2.05) is 4.90 Å². The summed E-state index contributed by atoms with van der Waals surface area (Å²) in [7, 11) is 0. The van der Waals surface area contributed by atoms with E-state index < -0.39 is 30.8 Å². The minimum absolute atomic E-state index is 0.231. The lowest BCUT2D eigenvalue weighted by molar-refractivity contribution is -0.274. The van der Waals surface area contributed by atoms with Crippen molar-refractivity contribution in [1.29, 1.82) is 0 Å². The first kappa shape index (κ1) is 20.3. The van der Waals surface area contributed by atoms with E-state index >= 15 is 0 Å². The van der Waals surface area contributed by atoms with Crippen molar-refractivity contribution in [2.75, 3.05) is 26.2 Å². The lowest BCUT2D eigenvalue weighted by atomic mass is 9.99. The van der Waals surface area contributed by atoms with Gasteiger partial charge in [-0.3, -0.25) is 4.90 Å². The van der Waals surface area contributed by atoms with Gasteiger partial charge in [-0.2, -0.15) is 13.2 Å². The molecule has 0 aliphatic carbocycles. The molecule has 1 aliphatic rings. The molecule has 0 amide bonds. The molecule has 0 bridgehead atoms. The fourth-order valence-corrected chi connectivity index (χ4v) is 3.31. The van der Waals surface area contributed by atoms with Crippen LogP contribution in [-0.4, -0.2) is 43.6 Å². The molecule has 25 heavy (non-hydrogen) atoms. The van der Waals surface area contributed by atoms with E-state index in [1.165, 1.54) is 6.07 Å². The Morgan fingerprint density at radius 1 is 1.08 bits per heavy atom. The average molecular weight is 435 g/mol. The van der Waals surface area contributed by atoms with E-state index in [-0.39, 0.29) is 6.42 Å². The number of ether oxygens (including phenoxy) is 1. The van der Waals surface area contributed by atoms with Crippen molar-refractivity contribution in [3.8, 4) is 5.75 Å². The zero-order valence-corrected chi connectivity index (χ0v) is 14.6. The number of nitrogens with zero attached hydrogens (tertiary/aromatic N) is 1. The van der Waals surface area contributed by atoms with Crippen LogP contribution in [0.4, 0.5) is 26.3 Å². The fraction of sp³-hybridized carbons (Fsp3) is 0.600. The molecule has 0 aromatic heterocycles. The highest BCUT2D eigenvalue weighted by molar-refractivity contribution is 9.10. The maximum absolute atomic E-state index is 12.7. The Morgan fingerprint density at radius 2 is 1.72 bits per heavy atom. The van der Waals surface area contributed by atoms with Gasteiger partial charge in [-0.15, -0.1) is 13.2 Å². The van der Waals surface area contributed by atoms with E-state index in [0.717, 1.165) is 12.1 Å². The molecule has 0 spiro atoms. The number of rotatable bonds is 5. The number of hydrogen-bond donors (Lipinski definition) is 1. The quantitative estimate of drug-likeness (QED) is 0.683. The normalized spacial score (nSPS) is 18.2. The molecule has 1 N–H and O–H groups in total. The summed E-state index contributed by atoms with van der Waals surface area (Å²) in [5.74, 6) is -0.455. The number of nitrogens with one attached hydrogen (secondary N) is 1. The summed E-state index contributed by atoms with van der Waals surface area (Å²) in [4.78, 5) is 1.85. The van der Waals surface area contributed by atoms with Gasteiger partial charge in [0, 0.05) is 43.1 Å². The maximum Gasteiger partial charge on any atom is 0.573 e. The van der Waals surface area contributed by atoms with Crippen molar-refractivity contribution in [2.45, 2.75) is 31.4 Å². The lowest BCUT2D eigenvalue weighted by Gasteiger charge is -2.35. The number of hydrogen-bond acceptors (Lipinski definition) is 3. The van der Waals surface area contributed by atoms with E-state index in [1.54, 1.807) is 0 Å². The SMILES string of the molecule is FC(F)(F)CC[C@@H](c1cc(Br)cc(OC(F)(F)F)c1)N1CCNCC1. The third kappa shape index (κ3) is 7.02. The smallest absolute Gasteiger partial charge is 0.406 e. The fourth-order valence-electron chi connectivity index (χ4n) is 2.82. The molecule has 142 valence electrons. The highest BCUT2D eigenvalue weighted by Crippen LogP contribution is 2.36. The predicted molar refractivity (Wildman–Crippen MR) is 83.3 cm³/mol. The topological polar surface area (TPSA) is 24.5 Å². The molecule has 0 unspecified atom stereocenters. The Bertz CT molecular complexity index is 572. The minimum Gasteiger partial charge on any atom is -0.406 e. The van der Waals surface area contributed by atoms with Crippen LogP contribution in [0, 0.1) is 0 Å². The number of benzene rings is 1. The summed E-state index contributed by atoms with van der Waals surface area (Å²) in [6.07, 6.45) is -10.4. The van der Waals surface area contributed by atoms with Gasteiger partial charge in [0.25, 0.3) is 0 Å². The molecule has 0 saturated carbocycles. The Hall–Kier alpha value is -1.00. The monoisotopic (exact) mass is 434 g/mol. The molecule has 3 nitrogen and oxygen atoms in total. The predicted octanol–water partition coefficient (Wildman–Crippen LogP) is 4.64. The first-order valence-corrected chi connectivity index (χ1v) is 8.40. The Balaban J connectivity index is 2.28. The van der Waals surface area contributed by atoms with Crippen molar-refractivity contribution in [3.63, 3.8) is 0 Å². The van der Waals surface area contributed by atoms with Crippen molar-refractivity contribution in [1.82, 2.24) is 10.2 Å². The molecule has 0 radical (unpaired) electrons. The van der Waals surface area contributed by atoms with Crippen LogP contribution < -0.4 is 10.1 Å². The van der Waals surface area contributed by atoms with Crippen LogP contribution in [0.5, 0.6) is 5.75 Å². The maximum atomic E-state index is 12.7. The first-order valence-electron chi connectivity index (χ1n) is 7.61. The van der Waals surface area contributed by atoms with E-state index in [9.17, 15) is 26.3 Å². The summed E-state index contributed by atoms with van der Waals surface area (Å²) < 4.78 is 79.6. The number of piperazine rings is 1. The summed E-state index contributed by atoms with van der Waals surface area (Å²) >= 11 is 3.10. The third-order valence-electron chi connectivity index (χ3n) is 3.81. The van der Waals surface area contributed by atoms with Gasteiger partial charge in [0.05, 0.1) is 0 Å². The van der Waals surface area contributed by atoms with Gasteiger partial charge in [0.2, 0.25) is 0 Å². The molecule has 10 heteroatoms. The van der Waals surface area contributed by atoms with E-state index in [2.05, 4.69) is 26.0 Å². The van der Waals surface area contributed by atoms with Crippen LogP contribution in [0.3, 0.4) is 0 Å². The molecule has 1 atom stereocenters. The van der Waals surface area contributed by atoms with Gasteiger partial charge in [0.1, 0.15) is 5.75 Å².